The van der Waals surface area contributed by atoms with Crippen molar-refractivity contribution < 1.29 is 9.53 Å². The zero-order valence-corrected chi connectivity index (χ0v) is 19.0. The summed E-state index contributed by atoms with van der Waals surface area (Å²) in [6.07, 6.45) is 6.22. The molecule has 1 spiro atoms. The Kier molecular flexibility index (Phi) is 5.27. The Hall–Kier alpha value is -3.70. The third-order valence-corrected chi connectivity index (χ3v) is 7.20. The summed E-state index contributed by atoms with van der Waals surface area (Å²) in [5, 5.41) is 8.57. The van der Waals surface area contributed by atoms with Gasteiger partial charge in [-0.05, 0) is 53.8 Å². The normalized spacial score (nSPS) is 17.4. The second-order valence-electron chi connectivity index (χ2n) is 9.43. The standard InChI is InChI=1S/C29H27N3O2/c33-28(32-19-29(20-32)14-16-34-17-15-29)23-11-13-27-25(18-23)26(30-31-27)12-10-22-8-4-5-9-24(22)21-6-2-1-3-7-21/h1-13,18H,14-17,19-20H2,(H,30,31)/b12-10-. The first-order valence-corrected chi connectivity index (χ1v) is 11.9. The topological polar surface area (TPSA) is 58.2 Å². The van der Waals surface area contributed by atoms with Crippen LogP contribution in [0, 0.1) is 5.41 Å². The predicted molar refractivity (Wildman–Crippen MR) is 135 cm³/mol. The number of nitrogens with zero attached hydrogens (tertiary/aromatic N) is 2. The van der Waals surface area contributed by atoms with Crippen LogP contribution in [0.4, 0.5) is 0 Å². The fraction of sp³-hybridized carbons (Fsp3) is 0.241. The molecule has 0 atom stereocenters. The van der Waals surface area contributed by atoms with Gasteiger partial charge in [0.05, 0.1) is 11.2 Å². The second kappa shape index (κ2) is 8.58. The molecule has 0 aliphatic carbocycles. The van der Waals surface area contributed by atoms with E-state index in [1.807, 2.05) is 41.3 Å². The number of H-pyrrole nitrogens is 1. The van der Waals surface area contributed by atoms with Crippen molar-refractivity contribution in [1.29, 1.82) is 0 Å². The van der Waals surface area contributed by atoms with Gasteiger partial charge in [0.25, 0.3) is 5.91 Å². The van der Waals surface area contributed by atoms with Crippen molar-refractivity contribution in [3.05, 3.63) is 89.6 Å². The lowest BCUT2D eigenvalue weighted by atomic mass is 9.73. The van der Waals surface area contributed by atoms with Crippen molar-refractivity contribution in [2.45, 2.75) is 12.8 Å². The van der Waals surface area contributed by atoms with Gasteiger partial charge in [-0.3, -0.25) is 9.89 Å². The fourth-order valence-corrected chi connectivity index (χ4v) is 5.20. The van der Waals surface area contributed by atoms with Gasteiger partial charge in [-0.15, -0.1) is 0 Å². The monoisotopic (exact) mass is 449 g/mol. The largest absolute Gasteiger partial charge is 0.381 e. The highest BCUT2D eigenvalue weighted by Crippen LogP contribution is 2.40. The molecule has 2 fully saturated rings. The fourth-order valence-electron chi connectivity index (χ4n) is 5.20. The van der Waals surface area contributed by atoms with Gasteiger partial charge in [-0.2, -0.15) is 5.10 Å². The van der Waals surface area contributed by atoms with Crippen LogP contribution >= 0.6 is 0 Å². The number of amides is 1. The molecule has 2 aliphatic heterocycles. The maximum absolute atomic E-state index is 13.2. The number of aromatic nitrogens is 2. The number of fused-ring (bicyclic) bond motifs is 1. The molecular formula is C29H27N3O2. The van der Waals surface area contributed by atoms with E-state index in [9.17, 15) is 4.79 Å². The lowest BCUT2D eigenvalue weighted by Crippen LogP contribution is -2.60. The number of aromatic amines is 1. The minimum atomic E-state index is 0.101. The van der Waals surface area contributed by atoms with E-state index in [-0.39, 0.29) is 11.3 Å². The molecule has 1 aromatic heterocycles. The number of hydrogen-bond acceptors (Lipinski definition) is 3. The summed E-state index contributed by atoms with van der Waals surface area (Å²) in [6, 6.07) is 24.5. The van der Waals surface area contributed by atoms with E-state index in [1.165, 1.54) is 11.1 Å². The second-order valence-corrected chi connectivity index (χ2v) is 9.43. The molecule has 4 aromatic rings. The lowest BCUT2D eigenvalue weighted by molar-refractivity contribution is -0.0666. The van der Waals surface area contributed by atoms with Crippen molar-refractivity contribution in [2.24, 2.45) is 5.41 Å². The summed E-state index contributed by atoms with van der Waals surface area (Å²) in [5.41, 5.74) is 6.23. The number of benzene rings is 3. The van der Waals surface area contributed by atoms with Crippen LogP contribution in [0.3, 0.4) is 0 Å². The summed E-state index contributed by atoms with van der Waals surface area (Å²) in [4.78, 5) is 15.1. The van der Waals surface area contributed by atoms with E-state index in [4.69, 9.17) is 4.74 Å². The third kappa shape index (κ3) is 3.82. The number of carbonyl (C=O) groups excluding carboxylic acids is 1. The maximum atomic E-state index is 13.2. The number of rotatable bonds is 4. The first kappa shape index (κ1) is 20.9. The van der Waals surface area contributed by atoms with Crippen LogP contribution in [-0.4, -0.2) is 47.3 Å². The van der Waals surface area contributed by atoms with E-state index >= 15 is 0 Å². The summed E-state index contributed by atoms with van der Waals surface area (Å²) < 4.78 is 5.50. The van der Waals surface area contributed by atoms with Gasteiger partial charge >= 0.3 is 0 Å². The SMILES string of the molecule is O=C(c1ccc2[nH]nc(/C=C\c3ccccc3-c3ccccc3)c2c1)N1CC2(CCOCC2)C1. The molecule has 3 aromatic carbocycles. The van der Waals surface area contributed by atoms with Crippen LogP contribution in [0.1, 0.15) is 34.5 Å². The molecular weight excluding hydrogens is 422 g/mol. The Balaban J connectivity index is 1.25. The zero-order chi connectivity index (χ0) is 23.0. The van der Waals surface area contributed by atoms with Gasteiger partial charge in [0.1, 0.15) is 0 Å². The lowest BCUT2D eigenvalue weighted by Gasteiger charge is -2.52. The molecule has 0 radical (unpaired) electrons. The molecule has 2 aliphatic rings. The molecule has 6 rings (SSSR count). The first-order valence-electron chi connectivity index (χ1n) is 11.9. The van der Waals surface area contributed by atoms with Gasteiger partial charge in [0.15, 0.2) is 0 Å². The molecule has 3 heterocycles. The average Bonchev–Trinajstić information content (AvgIpc) is 3.29. The number of likely N-dealkylation sites (tertiary alicyclic amines) is 1. The predicted octanol–water partition coefficient (Wildman–Crippen LogP) is 5.65. The molecule has 5 heteroatoms. The number of hydrogen-bond donors (Lipinski definition) is 1. The van der Waals surface area contributed by atoms with Crippen molar-refractivity contribution >= 4 is 29.0 Å². The number of ether oxygens (including phenoxy) is 1. The smallest absolute Gasteiger partial charge is 0.253 e. The molecule has 0 saturated carbocycles. The summed E-state index contributed by atoms with van der Waals surface area (Å²) in [7, 11) is 0. The summed E-state index contributed by atoms with van der Waals surface area (Å²) in [5.74, 6) is 0.101. The minimum Gasteiger partial charge on any atom is -0.381 e. The van der Waals surface area contributed by atoms with Crippen LogP contribution in [0.5, 0.6) is 0 Å². The highest BCUT2D eigenvalue weighted by molar-refractivity contribution is 6.00. The third-order valence-electron chi connectivity index (χ3n) is 7.20. The van der Waals surface area contributed by atoms with Gasteiger partial charge in [-0.1, -0.05) is 60.7 Å². The van der Waals surface area contributed by atoms with Crippen LogP contribution in [0.2, 0.25) is 0 Å². The summed E-state index contributed by atoms with van der Waals surface area (Å²) in [6.45, 7) is 3.29. The molecule has 2 saturated heterocycles. The van der Waals surface area contributed by atoms with Crippen LogP contribution < -0.4 is 0 Å². The van der Waals surface area contributed by atoms with Crippen molar-refractivity contribution in [3.63, 3.8) is 0 Å². The van der Waals surface area contributed by atoms with Gasteiger partial charge < -0.3 is 9.64 Å². The summed E-state index contributed by atoms with van der Waals surface area (Å²) >= 11 is 0. The van der Waals surface area contributed by atoms with E-state index in [2.05, 4.69) is 58.7 Å². The molecule has 0 bridgehead atoms. The molecule has 0 unspecified atom stereocenters. The Morgan fingerprint density at radius 2 is 1.71 bits per heavy atom. The maximum Gasteiger partial charge on any atom is 0.253 e. The quantitative estimate of drug-likeness (QED) is 0.438. The van der Waals surface area contributed by atoms with Crippen molar-refractivity contribution in [3.8, 4) is 11.1 Å². The van der Waals surface area contributed by atoms with Crippen LogP contribution in [0.15, 0.2) is 72.8 Å². The van der Waals surface area contributed by atoms with Crippen LogP contribution in [-0.2, 0) is 4.74 Å². The first-order chi connectivity index (χ1) is 16.7. The molecule has 170 valence electrons. The van der Waals surface area contributed by atoms with Crippen molar-refractivity contribution in [2.75, 3.05) is 26.3 Å². The van der Waals surface area contributed by atoms with E-state index in [0.29, 0.717) is 0 Å². The van der Waals surface area contributed by atoms with E-state index < -0.39 is 0 Å². The average molecular weight is 450 g/mol. The number of nitrogens with one attached hydrogen (secondary N) is 1. The van der Waals surface area contributed by atoms with Crippen molar-refractivity contribution in [1.82, 2.24) is 15.1 Å². The van der Waals surface area contributed by atoms with Crippen LogP contribution in [0.25, 0.3) is 34.2 Å². The Bertz CT molecular complexity index is 1360. The van der Waals surface area contributed by atoms with Gasteiger partial charge in [-0.25, -0.2) is 0 Å². The zero-order valence-electron chi connectivity index (χ0n) is 19.0. The van der Waals surface area contributed by atoms with E-state index in [1.54, 1.807) is 0 Å². The molecule has 1 N–H and O–H groups in total. The van der Waals surface area contributed by atoms with Gasteiger partial charge in [0, 0.05) is 42.7 Å². The van der Waals surface area contributed by atoms with E-state index in [0.717, 1.165) is 66.9 Å². The molecule has 1 amide bonds. The minimum absolute atomic E-state index is 0.101. The Morgan fingerprint density at radius 3 is 2.53 bits per heavy atom. The van der Waals surface area contributed by atoms with Gasteiger partial charge in [0.2, 0.25) is 0 Å². The molecule has 5 nitrogen and oxygen atoms in total. The number of carbonyl (C=O) groups is 1. The highest BCUT2D eigenvalue weighted by Gasteiger charge is 2.45. The molecule has 34 heavy (non-hydrogen) atoms. The highest BCUT2D eigenvalue weighted by atomic mass is 16.5. The Labute approximate surface area is 199 Å². The Morgan fingerprint density at radius 1 is 0.941 bits per heavy atom.